The molecule has 0 unspecified atom stereocenters. The molecule has 0 bridgehead atoms. The predicted octanol–water partition coefficient (Wildman–Crippen LogP) is -0.111. The zero-order chi connectivity index (χ0) is 12.8. The molecule has 1 fully saturated rings. The normalized spacial score (nSPS) is 17.0. The summed E-state index contributed by atoms with van der Waals surface area (Å²) >= 11 is 1.45. The van der Waals surface area contributed by atoms with Gasteiger partial charge in [-0.05, 0) is 6.42 Å². The van der Waals surface area contributed by atoms with Crippen LogP contribution in [0.5, 0.6) is 0 Å². The number of carbonyl (C=O) groups excluding carboxylic acids is 2. The summed E-state index contributed by atoms with van der Waals surface area (Å²) < 4.78 is 0. The second-order valence-corrected chi connectivity index (χ2v) is 4.77. The third-order valence-electron chi connectivity index (χ3n) is 2.37. The highest BCUT2D eigenvalue weighted by Crippen LogP contribution is 2.14. The molecule has 1 heterocycles. The predicted molar refractivity (Wildman–Crippen MR) is 63.5 cm³/mol. The van der Waals surface area contributed by atoms with Gasteiger partial charge in [-0.25, -0.2) is 4.79 Å². The lowest BCUT2D eigenvalue weighted by Crippen LogP contribution is -2.45. The quantitative estimate of drug-likeness (QED) is 0.696. The average Bonchev–Trinajstić information content (AvgIpc) is 2.63. The molecule has 1 rings (SSSR count). The first kappa shape index (κ1) is 13.8. The van der Waals surface area contributed by atoms with Crippen molar-refractivity contribution in [3.05, 3.63) is 0 Å². The maximum Gasteiger partial charge on any atom is 0.326 e. The summed E-state index contributed by atoms with van der Waals surface area (Å²) in [5, 5.41) is 11.3. The first-order valence-corrected chi connectivity index (χ1v) is 6.57. The molecule has 17 heavy (non-hydrogen) atoms. The molecule has 2 amide bonds. The number of amides is 2. The number of carboxylic acid groups (broad SMARTS) is 1. The van der Waals surface area contributed by atoms with Crippen molar-refractivity contribution in [1.82, 2.24) is 10.2 Å². The minimum atomic E-state index is -1.04. The Bertz CT molecular complexity index is 321. The van der Waals surface area contributed by atoms with Crippen molar-refractivity contribution in [2.75, 3.05) is 18.2 Å². The van der Waals surface area contributed by atoms with Crippen molar-refractivity contribution >= 4 is 29.5 Å². The fraction of sp³-hybridized carbons (Fsp3) is 0.700. The minimum Gasteiger partial charge on any atom is -0.480 e. The first-order valence-electron chi connectivity index (χ1n) is 5.42. The van der Waals surface area contributed by atoms with Gasteiger partial charge >= 0.3 is 5.97 Å². The van der Waals surface area contributed by atoms with Crippen LogP contribution in [-0.4, -0.2) is 52.0 Å². The van der Waals surface area contributed by atoms with Crippen LogP contribution >= 0.6 is 11.8 Å². The van der Waals surface area contributed by atoms with Crippen molar-refractivity contribution in [3.8, 4) is 0 Å². The second kappa shape index (κ2) is 6.48. The van der Waals surface area contributed by atoms with E-state index >= 15 is 0 Å². The number of hydrogen-bond donors (Lipinski definition) is 2. The molecule has 1 aliphatic heterocycles. The SMILES string of the molecule is CCC[C@@H](NC(=O)CN1CSCC1=O)C(=O)O. The number of aliphatic carboxylic acids is 1. The molecule has 1 atom stereocenters. The van der Waals surface area contributed by atoms with E-state index in [1.807, 2.05) is 6.92 Å². The van der Waals surface area contributed by atoms with E-state index in [2.05, 4.69) is 5.32 Å². The third-order valence-corrected chi connectivity index (χ3v) is 3.32. The highest BCUT2D eigenvalue weighted by molar-refractivity contribution is 8.00. The summed E-state index contributed by atoms with van der Waals surface area (Å²) in [5.74, 6) is -0.640. The van der Waals surface area contributed by atoms with Crippen LogP contribution in [0, 0.1) is 0 Å². The second-order valence-electron chi connectivity index (χ2n) is 3.82. The van der Waals surface area contributed by atoms with Gasteiger partial charge in [-0.3, -0.25) is 9.59 Å². The zero-order valence-corrected chi connectivity index (χ0v) is 10.5. The fourth-order valence-corrected chi connectivity index (χ4v) is 2.40. The van der Waals surface area contributed by atoms with E-state index in [0.29, 0.717) is 24.5 Å². The average molecular weight is 260 g/mol. The number of carboxylic acids is 1. The molecule has 2 N–H and O–H groups in total. The molecule has 0 aliphatic carbocycles. The van der Waals surface area contributed by atoms with Gasteiger partial charge in [0.25, 0.3) is 0 Å². The Morgan fingerprint density at radius 1 is 1.59 bits per heavy atom. The smallest absolute Gasteiger partial charge is 0.326 e. The molecule has 0 aromatic rings. The Kier molecular flexibility index (Phi) is 5.27. The van der Waals surface area contributed by atoms with Crippen LogP contribution in [-0.2, 0) is 14.4 Å². The van der Waals surface area contributed by atoms with Gasteiger partial charge in [-0.15, -0.1) is 11.8 Å². The van der Waals surface area contributed by atoms with Gasteiger partial charge in [0.15, 0.2) is 0 Å². The number of hydrogen-bond acceptors (Lipinski definition) is 4. The molecule has 0 spiro atoms. The van der Waals surface area contributed by atoms with Crippen LogP contribution < -0.4 is 5.32 Å². The molecule has 1 saturated heterocycles. The Hall–Kier alpha value is -1.24. The first-order chi connectivity index (χ1) is 8.04. The Morgan fingerprint density at radius 2 is 2.29 bits per heavy atom. The molecular weight excluding hydrogens is 244 g/mol. The van der Waals surface area contributed by atoms with Gasteiger partial charge in [0.2, 0.25) is 11.8 Å². The van der Waals surface area contributed by atoms with Crippen molar-refractivity contribution in [1.29, 1.82) is 0 Å². The topological polar surface area (TPSA) is 86.7 Å². The summed E-state index contributed by atoms with van der Waals surface area (Å²) in [6, 6.07) is -0.863. The maximum absolute atomic E-state index is 11.6. The highest BCUT2D eigenvalue weighted by atomic mass is 32.2. The number of carbonyl (C=O) groups is 3. The van der Waals surface area contributed by atoms with E-state index in [4.69, 9.17) is 5.11 Å². The summed E-state index contributed by atoms with van der Waals surface area (Å²) in [7, 11) is 0. The Morgan fingerprint density at radius 3 is 2.76 bits per heavy atom. The van der Waals surface area contributed by atoms with Crippen molar-refractivity contribution in [2.24, 2.45) is 0 Å². The molecule has 6 nitrogen and oxygen atoms in total. The van der Waals surface area contributed by atoms with Crippen LogP contribution in [0.1, 0.15) is 19.8 Å². The molecule has 0 saturated carbocycles. The van der Waals surface area contributed by atoms with E-state index in [9.17, 15) is 14.4 Å². The Balaban J connectivity index is 2.41. The molecule has 1 aliphatic rings. The maximum atomic E-state index is 11.6. The van der Waals surface area contributed by atoms with Gasteiger partial charge < -0.3 is 15.3 Å². The number of nitrogens with zero attached hydrogens (tertiary/aromatic N) is 1. The van der Waals surface area contributed by atoms with Crippen molar-refractivity contribution in [3.63, 3.8) is 0 Å². The molecule has 0 aromatic carbocycles. The lowest BCUT2D eigenvalue weighted by molar-refractivity contribution is -0.142. The van der Waals surface area contributed by atoms with Gasteiger partial charge in [-0.1, -0.05) is 13.3 Å². The van der Waals surface area contributed by atoms with Crippen LogP contribution in [0.2, 0.25) is 0 Å². The van der Waals surface area contributed by atoms with E-state index in [0.717, 1.165) is 0 Å². The lowest BCUT2D eigenvalue weighted by Gasteiger charge is -2.17. The lowest BCUT2D eigenvalue weighted by atomic mass is 10.1. The number of thioether (sulfide) groups is 1. The number of nitrogens with one attached hydrogen (secondary N) is 1. The standard InChI is InChI=1S/C10H16N2O4S/c1-2-3-7(10(15)16)11-8(13)4-12-6-17-5-9(12)14/h7H,2-6H2,1H3,(H,11,13)(H,15,16)/t7-/m1/s1. The van der Waals surface area contributed by atoms with Crippen molar-refractivity contribution < 1.29 is 19.5 Å². The van der Waals surface area contributed by atoms with Gasteiger partial charge in [-0.2, -0.15) is 0 Å². The van der Waals surface area contributed by atoms with Gasteiger partial charge in [0.1, 0.15) is 12.6 Å². The van der Waals surface area contributed by atoms with E-state index in [1.165, 1.54) is 16.7 Å². The largest absolute Gasteiger partial charge is 0.480 e. The highest BCUT2D eigenvalue weighted by Gasteiger charge is 2.25. The summed E-state index contributed by atoms with van der Waals surface area (Å²) in [5.41, 5.74) is 0. The summed E-state index contributed by atoms with van der Waals surface area (Å²) in [6.07, 6.45) is 1.07. The van der Waals surface area contributed by atoms with E-state index < -0.39 is 17.9 Å². The van der Waals surface area contributed by atoms with E-state index in [1.54, 1.807) is 0 Å². The summed E-state index contributed by atoms with van der Waals surface area (Å²) in [4.78, 5) is 35.1. The number of rotatable bonds is 6. The van der Waals surface area contributed by atoms with Gasteiger partial charge in [0, 0.05) is 0 Å². The van der Waals surface area contributed by atoms with Crippen molar-refractivity contribution in [2.45, 2.75) is 25.8 Å². The molecule has 0 radical (unpaired) electrons. The molecular formula is C10H16N2O4S. The molecule has 0 aromatic heterocycles. The Labute approximate surface area is 104 Å². The zero-order valence-electron chi connectivity index (χ0n) is 9.64. The fourth-order valence-electron chi connectivity index (χ4n) is 1.50. The monoisotopic (exact) mass is 260 g/mol. The molecule has 7 heteroatoms. The van der Waals surface area contributed by atoms with E-state index in [-0.39, 0.29) is 12.5 Å². The van der Waals surface area contributed by atoms with Crippen LogP contribution in [0.15, 0.2) is 0 Å². The van der Waals surface area contributed by atoms with Crippen LogP contribution in [0.3, 0.4) is 0 Å². The minimum absolute atomic E-state index is 0.0562. The van der Waals surface area contributed by atoms with Crippen LogP contribution in [0.25, 0.3) is 0 Å². The summed E-state index contributed by atoms with van der Waals surface area (Å²) in [6.45, 7) is 1.79. The van der Waals surface area contributed by atoms with Crippen LogP contribution in [0.4, 0.5) is 0 Å². The third kappa shape index (κ3) is 4.26. The molecule has 96 valence electrons. The van der Waals surface area contributed by atoms with Gasteiger partial charge in [0.05, 0.1) is 11.6 Å².